The van der Waals surface area contributed by atoms with Crippen LogP contribution in [0.3, 0.4) is 0 Å². The van der Waals surface area contributed by atoms with Crippen LogP contribution in [0.4, 0.5) is 0 Å². The molecule has 0 amide bonds. The molecule has 0 heterocycles. The van der Waals surface area contributed by atoms with Gasteiger partial charge in [0.25, 0.3) is 0 Å². The van der Waals surface area contributed by atoms with Gasteiger partial charge < -0.3 is 0 Å². The van der Waals surface area contributed by atoms with E-state index in [0.29, 0.717) is 16.5 Å². The second-order valence-electron chi connectivity index (χ2n) is 10.4. The largest absolute Gasteiger partial charge is 0.192 e. The van der Waals surface area contributed by atoms with Crippen molar-refractivity contribution in [2.24, 2.45) is 5.41 Å². The van der Waals surface area contributed by atoms with E-state index >= 15 is 0 Å². The monoisotopic (exact) mass is 502 g/mol. The Balaban J connectivity index is 1.67. The number of benzene rings is 2. The van der Waals surface area contributed by atoms with Crippen molar-refractivity contribution in [1.82, 2.24) is 0 Å². The molecule has 3 aliphatic rings. The molecule has 0 N–H and O–H groups in total. The Morgan fingerprint density at radius 1 is 0.848 bits per heavy atom. The summed E-state index contributed by atoms with van der Waals surface area (Å²) in [6.45, 7) is 4.46. The lowest BCUT2D eigenvalue weighted by Crippen LogP contribution is -2.44. The molecule has 172 valence electrons. The fraction of sp³-hybridized carbons (Fsp3) is 0.533. The molecule has 2 nitrogen and oxygen atoms in total. The Bertz CT molecular complexity index is 1080. The topological polar surface area (TPSA) is 47.6 Å². The summed E-state index contributed by atoms with van der Waals surface area (Å²) in [4.78, 5) is 0. The van der Waals surface area contributed by atoms with E-state index in [2.05, 4.69) is 72.2 Å². The minimum Gasteiger partial charge on any atom is -0.192 e. The zero-order valence-electron chi connectivity index (χ0n) is 20.1. The third-order valence-corrected chi connectivity index (χ3v) is 9.33. The molecule has 0 atom stereocenters. The highest BCUT2D eigenvalue weighted by Gasteiger charge is 2.49. The van der Waals surface area contributed by atoms with Gasteiger partial charge in [-0.2, -0.15) is 10.5 Å². The van der Waals surface area contributed by atoms with E-state index in [1.54, 1.807) is 0 Å². The Morgan fingerprint density at radius 2 is 1.55 bits per heavy atom. The van der Waals surface area contributed by atoms with Crippen molar-refractivity contribution in [3.63, 3.8) is 0 Å². The second-order valence-corrected chi connectivity index (χ2v) is 11.3. The van der Waals surface area contributed by atoms with E-state index in [1.807, 2.05) is 0 Å². The van der Waals surface area contributed by atoms with Crippen molar-refractivity contribution in [2.45, 2.75) is 96.3 Å². The van der Waals surface area contributed by atoms with Crippen LogP contribution in [-0.2, 0) is 11.8 Å². The maximum absolute atomic E-state index is 10.2. The summed E-state index contributed by atoms with van der Waals surface area (Å²) >= 11 is 3.71. The molecular formula is C30H35BrN2. The van der Waals surface area contributed by atoms with E-state index in [1.165, 1.54) is 50.5 Å². The summed E-state index contributed by atoms with van der Waals surface area (Å²) in [5.74, 6) is 0. The Morgan fingerprint density at radius 3 is 2.12 bits per heavy atom. The zero-order chi connectivity index (χ0) is 23.5. The third-order valence-electron chi connectivity index (χ3n) is 8.60. The number of unbranched alkanes of at least 4 members (excludes halogenated alkanes) is 2. The summed E-state index contributed by atoms with van der Waals surface area (Å²) in [5.41, 5.74) is 6.06. The Hall–Kier alpha value is -2.10. The van der Waals surface area contributed by atoms with Crippen molar-refractivity contribution in [2.75, 3.05) is 0 Å². The van der Waals surface area contributed by atoms with Crippen molar-refractivity contribution >= 4 is 15.9 Å². The van der Waals surface area contributed by atoms with Gasteiger partial charge in [-0.05, 0) is 85.0 Å². The van der Waals surface area contributed by atoms with E-state index < -0.39 is 0 Å². The molecule has 0 spiro atoms. The number of halogens is 1. The number of hydrogen-bond donors (Lipinski definition) is 0. The van der Waals surface area contributed by atoms with Crippen LogP contribution in [0.25, 0.3) is 11.1 Å². The molecule has 3 heteroatoms. The number of fused-ring (bicyclic) bond motifs is 3. The minimum atomic E-state index is 0.0767. The highest BCUT2D eigenvalue weighted by Crippen LogP contribution is 2.60. The molecule has 0 saturated heterocycles. The predicted octanol–water partition coefficient (Wildman–Crippen LogP) is 8.98. The molecule has 5 rings (SSSR count). The molecule has 2 bridgehead atoms. The van der Waals surface area contributed by atoms with Gasteiger partial charge in [0, 0.05) is 10.0 Å². The van der Waals surface area contributed by atoms with Crippen LogP contribution in [0.2, 0.25) is 0 Å². The first-order valence-electron chi connectivity index (χ1n) is 12.8. The fourth-order valence-electron chi connectivity index (χ4n) is 6.50. The highest BCUT2D eigenvalue weighted by molar-refractivity contribution is 9.10. The highest BCUT2D eigenvalue weighted by atomic mass is 79.9. The minimum absolute atomic E-state index is 0.0767. The van der Waals surface area contributed by atoms with E-state index in [4.69, 9.17) is 0 Å². The van der Waals surface area contributed by atoms with Crippen molar-refractivity contribution in [1.29, 1.82) is 10.5 Å². The summed E-state index contributed by atoms with van der Waals surface area (Å²) in [7, 11) is 0. The van der Waals surface area contributed by atoms with Crippen LogP contribution in [0.15, 0.2) is 34.8 Å². The first-order chi connectivity index (χ1) is 16.0. The first-order valence-corrected chi connectivity index (χ1v) is 13.6. The van der Waals surface area contributed by atoms with Gasteiger partial charge in [0.2, 0.25) is 0 Å². The van der Waals surface area contributed by atoms with Crippen LogP contribution < -0.4 is 0 Å². The van der Waals surface area contributed by atoms with Crippen LogP contribution in [0.1, 0.15) is 107 Å². The summed E-state index contributed by atoms with van der Waals surface area (Å²) < 4.78 is 1.07. The van der Waals surface area contributed by atoms with E-state index in [9.17, 15) is 10.5 Å². The molecule has 2 aromatic carbocycles. The maximum atomic E-state index is 10.2. The van der Waals surface area contributed by atoms with E-state index in [0.717, 1.165) is 53.3 Å². The smallest absolute Gasteiger partial charge is 0.101 e. The van der Waals surface area contributed by atoms with Gasteiger partial charge in [0.15, 0.2) is 0 Å². The summed E-state index contributed by atoms with van der Waals surface area (Å²) in [6.07, 6.45) is 14.8. The second kappa shape index (κ2) is 10.0. The van der Waals surface area contributed by atoms with Crippen LogP contribution in [-0.4, -0.2) is 0 Å². The Labute approximate surface area is 208 Å². The van der Waals surface area contributed by atoms with Gasteiger partial charge in [-0.25, -0.2) is 0 Å². The predicted molar refractivity (Wildman–Crippen MR) is 139 cm³/mol. The van der Waals surface area contributed by atoms with Gasteiger partial charge in [-0.15, -0.1) is 0 Å². The van der Waals surface area contributed by atoms with Crippen molar-refractivity contribution in [3.8, 4) is 23.3 Å². The standard InChI is InChI=1S/C30H35BrN2/c1-3-5-6-12-29-13-16-30(17-14-29,18-15-29)27-11-10-24(25(20-32)26(27)21-33)23-9-8-22(7-4-2)28(31)19-23/h8-11,19H,3-7,12-18H2,1-2H3. The number of nitriles is 2. The maximum Gasteiger partial charge on any atom is 0.101 e. The van der Waals surface area contributed by atoms with Crippen LogP contribution in [0, 0.1) is 28.1 Å². The van der Waals surface area contributed by atoms with Crippen LogP contribution >= 0.6 is 15.9 Å². The molecule has 33 heavy (non-hydrogen) atoms. The number of rotatable bonds is 8. The average molecular weight is 504 g/mol. The van der Waals surface area contributed by atoms with Crippen molar-refractivity contribution < 1.29 is 0 Å². The molecule has 0 unspecified atom stereocenters. The number of hydrogen-bond acceptors (Lipinski definition) is 2. The SMILES string of the molecule is CCCCCC12CCC(c3ccc(-c4ccc(CCC)c(Br)c4)c(C#N)c3C#N)(CC1)CC2. The number of aryl methyl sites for hydroxylation is 1. The quantitative estimate of drug-likeness (QED) is 0.338. The van der Waals surface area contributed by atoms with Gasteiger partial charge in [-0.3, -0.25) is 0 Å². The number of nitrogens with zero attached hydrogens (tertiary/aromatic N) is 2. The third kappa shape index (κ3) is 4.50. The van der Waals surface area contributed by atoms with Gasteiger partial charge in [-0.1, -0.05) is 79.7 Å². The molecule has 3 aliphatic carbocycles. The molecule has 0 aromatic heterocycles. The van der Waals surface area contributed by atoms with Gasteiger partial charge in [0.05, 0.1) is 11.1 Å². The Kier molecular flexibility index (Phi) is 7.31. The average Bonchev–Trinajstić information content (AvgIpc) is 2.85. The summed E-state index contributed by atoms with van der Waals surface area (Å²) in [6, 6.07) is 15.5. The lowest BCUT2D eigenvalue weighted by atomic mass is 9.50. The van der Waals surface area contributed by atoms with E-state index in [-0.39, 0.29) is 5.41 Å². The first kappa shape index (κ1) is 24.0. The summed E-state index contributed by atoms with van der Waals surface area (Å²) in [5, 5.41) is 20.3. The van der Waals surface area contributed by atoms with Crippen molar-refractivity contribution in [3.05, 3.63) is 57.1 Å². The molecule has 0 radical (unpaired) electrons. The lowest BCUT2D eigenvalue weighted by Gasteiger charge is -2.54. The normalized spacial score (nSPS) is 23.8. The molecule has 2 aromatic rings. The van der Waals surface area contributed by atoms with Crippen LogP contribution in [0.5, 0.6) is 0 Å². The lowest BCUT2D eigenvalue weighted by molar-refractivity contribution is 0.0304. The molecule has 0 aliphatic heterocycles. The molecular weight excluding hydrogens is 468 g/mol. The fourth-order valence-corrected chi connectivity index (χ4v) is 7.07. The molecule has 3 saturated carbocycles. The van der Waals surface area contributed by atoms with Gasteiger partial charge >= 0.3 is 0 Å². The van der Waals surface area contributed by atoms with Gasteiger partial charge in [0.1, 0.15) is 12.1 Å². The zero-order valence-corrected chi connectivity index (χ0v) is 21.7. The molecule has 3 fully saturated rings.